The maximum atomic E-state index is 12.0. The molecule has 1 aromatic carbocycles. The van der Waals surface area contributed by atoms with E-state index in [4.69, 9.17) is 11.8 Å². The fraction of sp³-hybridized carbons (Fsp3) is 0.462. The summed E-state index contributed by atoms with van der Waals surface area (Å²) in [6, 6.07) is 5.65. The number of hydrazine groups is 1. The molecule has 0 fully saturated rings. The van der Waals surface area contributed by atoms with Crippen molar-refractivity contribution in [1.29, 1.82) is 0 Å². The van der Waals surface area contributed by atoms with E-state index in [9.17, 15) is 4.79 Å². The first-order chi connectivity index (χ1) is 7.73. The van der Waals surface area contributed by atoms with Crippen molar-refractivity contribution < 1.29 is 4.79 Å². The third-order valence-electron chi connectivity index (χ3n) is 2.64. The molecule has 17 heavy (non-hydrogen) atoms. The molecule has 0 bridgehead atoms. The number of nitrogens with zero attached hydrogens (tertiary/aromatic N) is 1. The second kappa shape index (κ2) is 5.07. The smallest absolute Gasteiger partial charge is 0.266 e. The van der Waals surface area contributed by atoms with Gasteiger partial charge in [-0.2, -0.15) is 0 Å². The molecule has 0 spiro atoms. The maximum absolute atomic E-state index is 12.0. The fourth-order valence-corrected chi connectivity index (χ4v) is 1.39. The van der Waals surface area contributed by atoms with Gasteiger partial charge in [-0.3, -0.25) is 10.2 Å². The first-order valence-electron chi connectivity index (χ1n) is 5.56. The third-order valence-corrected chi connectivity index (χ3v) is 3.23. The molecule has 1 aromatic rings. The lowest BCUT2D eigenvalue weighted by Crippen LogP contribution is -2.46. The van der Waals surface area contributed by atoms with Gasteiger partial charge in [0.1, 0.15) is 0 Å². The van der Waals surface area contributed by atoms with Gasteiger partial charge in [0.15, 0.2) is 0 Å². The van der Waals surface area contributed by atoms with E-state index in [1.54, 1.807) is 6.07 Å². The summed E-state index contributed by atoms with van der Waals surface area (Å²) in [5.41, 5.74) is 5.06. The average molecular weight is 255 g/mol. The highest BCUT2D eigenvalue weighted by Gasteiger charge is 2.22. The number of carbonyl (C=O) groups excluding carboxylic acids is 1. The van der Waals surface area contributed by atoms with Crippen molar-refractivity contribution >= 4 is 17.7 Å². The van der Waals surface area contributed by atoms with Crippen LogP contribution in [0.1, 0.15) is 42.3 Å². The Labute approximate surface area is 108 Å². The van der Waals surface area contributed by atoms with Crippen LogP contribution in [-0.4, -0.2) is 16.0 Å². The zero-order valence-corrected chi connectivity index (χ0v) is 11.7. The number of rotatable bonds is 2. The van der Waals surface area contributed by atoms with Crippen LogP contribution >= 0.6 is 11.8 Å². The fourth-order valence-electron chi connectivity index (χ4n) is 1.31. The molecule has 0 atom stereocenters. The molecule has 0 aliphatic heterocycles. The summed E-state index contributed by atoms with van der Waals surface area (Å²) in [6.45, 7) is 9.67. The van der Waals surface area contributed by atoms with Crippen molar-refractivity contribution in [3.63, 3.8) is 0 Å². The van der Waals surface area contributed by atoms with E-state index in [0.717, 1.165) is 11.1 Å². The molecule has 94 valence electrons. The zero-order valence-electron chi connectivity index (χ0n) is 11.0. The lowest BCUT2D eigenvalue weighted by molar-refractivity contribution is 0.0805. The van der Waals surface area contributed by atoms with Crippen molar-refractivity contribution in [3.05, 3.63) is 34.9 Å². The molecule has 0 saturated carbocycles. The highest BCUT2D eigenvalue weighted by Crippen LogP contribution is 2.16. The summed E-state index contributed by atoms with van der Waals surface area (Å²) in [5.74, 6) is -0.184. The first-order valence-corrected chi connectivity index (χ1v) is 5.90. The summed E-state index contributed by atoms with van der Waals surface area (Å²) in [4.78, 5) is 12.0. The predicted molar refractivity (Wildman–Crippen MR) is 70.8 cm³/mol. The normalized spacial score (nSPS) is 11.7. The molecule has 1 N–H and O–H groups in total. The highest BCUT2D eigenvalue weighted by molar-refractivity contribution is 6.14. The van der Waals surface area contributed by atoms with Crippen molar-refractivity contribution in [2.24, 2.45) is 0 Å². The Hall–Kier alpha value is -1.06. The lowest BCUT2D eigenvalue weighted by atomic mass is 10.0. The van der Waals surface area contributed by atoms with Gasteiger partial charge in [0, 0.05) is 22.9 Å². The van der Waals surface area contributed by atoms with Gasteiger partial charge in [0.25, 0.3) is 5.91 Å². The standard InChI is InChI=1S/C13H19ClN2O/c1-9-7-6-8-11(10(9)2)12(17)15-16(14)13(3,4)5/h6-8H,1-5H3,(H,15,17). The van der Waals surface area contributed by atoms with Crippen molar-refractivity contribution in [2.45, 2.75) is 40.2 Å². The van der Waals surface area contributed by atoms with Gasteiger partial charge in [-0.1, -0.05) is 12.1 Å². The molecule has 0 heterocycles. The SMILES string of the molecule is Cc1cccc(C(=O)NN(Cl)C(C)(C)C)c1C. The molecule has 0 radical (unpaired) electrons. The second-order valence-electron chi connectivity index (χ2n) is 5.14. The number of aryl methyl sites for hydroxylation is 1. The Kier molecular flexibility index (Phi) is 4.17. The van der Waals surface area contributed by atoms with E-state index in [1.807, 2.05) is 46.8 Å². The van der Waals surface area contributed by atoms with E-state index in [1.165, 1.54) is 4.53 Å². The second-order valence-corrected chi connectivity index (χ2v) is 5.48. The van der Waals surface area contributed by atoms with Crippen LogP contribution in [0, 0.1) is 13.8 Å². The number of nitrogens with one attached hydrogen (secondary N) is 1. The van der Waals surface area contributed by atoms with E-state index in [0.29, 0.717) is 5.56 Å². The summed E-state index contributed by atoms with van der Waals surface area (Å²) in [6.07, 6.45) is 0. The van der Waals surface area contributed by atoms with E-state index < -0.39 is 0 Å². The Balaban J connectivity index is 2.88. The summed E-state index contributed by atoms with van der Waals surface area (Å²) >= 11 is 6.00. The van der Waals surface area contributed by atoms with Crippen LogP contribution in [-0.2, 0) is 0 Å². The maximum Gasteiger partial charge on any atom is 0.266 e. The van der Waals surface area contributed by atoms with Crippen LogP contribution < -0.4 is 5.43 Å². The van der Waals surface area contributed by atoms with Gasteiger partial charge in [-0.25, -0.2) is 0 Å². The molecule has 0 saturated heterocycles. The number of hydrogen-bond acceptors (Lipinski definition) is 2. The molecule has 0 unspecified atom stereocenters. The Morgan fingerprint density at radius 2 is 1.88 bits per heavy atom. The Morgan fingerprint density at radius 3 is 2.41 bits per heavy atom. The first kappa shape index (κ1) is 14.0. The number of halogens is 1. The van der Waals surface area contributed by atoms with Crippen LogP contribution in [0.25, 0.3) is 0 Å². The van der Waals surface area contributed by atoms with Gasteiger partial charge in [-0.15, -0.1) is 4.53 Å². The van der Waals surface area contributed by atoms with Gasteiger partial charge in [0.05, 0.1) is 0 Å². The molecular formula is C13H19ClN2O. The van der Waals surface area contributed by atoms with Crippen molar-refractivity contribution in [1.82, 2.24) is 9.95 Å². The van der Waals surface area contributed by atoms with Crippen LogP contribution in [0.3, 0.4) is 0 Å². The number of carbonyl (C=O) groups is 1. The van der Waals surface area contributed by atoms with Gasteiger partial charge in [-0.05, 0) is 51.8 Å². The minimum Gasteiger partial charge on any atom is -0.270 e. The van der Waals surface area contributed by atoms with E-state index in [2.05, 4.69) is 5.43 Å². The lowest BCUT2D eigenvalue weighted by Gasteiger charge is -2.28. The minimum absolute atomic E-state index is 0.184. The van der Waals surface area contributed by atoms with E-state index >= 15 is 0 Å². The summed E-state index contributed by atoms with van der Waals surface area (Å²) in [7, 11) is 0. The highest BCUT2D eigenvalue weighted by atomic mass is 35.5. The van der Waals surface area contributed by atoms with Crippen LogP contribution in [0.15, 0.2) is 18.2 Å². The van der Waals surface area contributed by atoms with E-state index in [-0.39, 0.29) is 11.4 Å². The van der Waals surface area contributed by atoms with Crippen LogP contribution in [0.2, 0.25) is 0 Å². The molecule has 1 amide bonds. The minimum atomic E-state index is -0.324. The largest absolute Gasteiger partial charge is 0.270 e. The monoisotopic (exact) mass is 254 g/mol. The van der Waals surface area contributed by atoms with Gasteiger partial charge < -0.3 is 0 Å². The molecular weight excluding hydrogens is 236 g/mol. The molecule has 0 aliphatic carbocycles. The molecule has 0 aliphatic rings. The average Bonchev–Trinajstić information content (AvgIpc) is 2.20. The van der Waals surface area contributed by atoms with Gasteiger partial charge >= 0.3 is 0 Å². The van der Waals surface area contributed by atoms with Gasteiger partial charge in [0.2, 0.25) is 0 Å². The number of benzene rings is 1. The summed E-state index contributed by atoms with van der Waals surface area (Å²) in [5, 5.41) is 0. The van der Waals surface area contributed by atoms with Crippen molar-refractivity contribution in [2.75, 3.05) is 0 Å². The Bertz CT molecular complexity index is 424. The van der Waals surface area contributed by atoms with Crippen LogP contribution in [0.4, 0.5) is 0 Å². The zero-order chi connectivity index (χ0) is 13.2. The molecule has 0 aromatic heterocycles. The van der Waals surface area contributed by atoms with Crippen LogP contribution in [0.5, 0.6) is 0 Å². The predicted octanol–water partition coefficient (Wildman–Crippen LogP) is 3.20. The molecule has 3 nitrogen and oxygen atoms in total. The molecule has 4 heteroatoms. The third kappa shape index (κ3) is 3.45. The summed E-state index contributed by atoms with van der Waals surface area (Å²) < 4.78 is 1.30. The van der Waals surface area contributed by atoms with Crippen molar-refractivity contribution in [3.8, 4) is 0 Å². The number of amides is 1. The topological polar surface area (TPSA) is 32.3 Å². The Morgan fingerprint density at radius 1 is 1.29 bits per heavy atom. The quantitative estimate of drug-likeness (QED) is 0.649. The number of hydrogen-bond donors (Lipinski definition) is 1. The molecule has 1 rings (SSSR count).